The van der Waals surface area contributed by atoms with Crippen LogP contribution in [0.1, 0.15) is 5.56 Å². The Morgan fingerprint density at radius 2 is 2.12 bits per heavy atom. The fourth-order valence-corrected chi connectivity index (χ4v) is 1.94. The van der Waals surface area contributed by atoms with Crippen molar-refractivity contribution in [2.45, 2.75) is 6.54 Å². The molecule has 1 aliphatic heterocycles. The second kappa shape index (κ2) is 5.82. The van der Waals surface area contributed by atoms with Crippen LogP contribution in [-0.4, -0.2) is 31.1 Å². The molecule has 1 N–H and O–H groups in total. The molecule has 0 spiro atoms. The summed E-state index contributed by atoms with van der Waals surface area (Å²) in [4.78, 5) is 11.3. The molecule has 0 radical (unpaired) electrons. The maximum Gasteiger partial charge on any atom is 0.230 e. The quantitative estimate of drug-likeness (QED) is 0.882. The minimum atomic E-state index is 0.0485. The highest BCUT2D eigenvalue weighted by Crippen LogP contribution is 2.30. The average molecular weight is 253 g/mol. The van der Waals surface area contributed by atoms with Crippen molar-refractivity contribution >= 4 is 17.7 Å². The molecule has 17 heavy (non-hydrogen) atoms. The Balaban J connectivity index is 1.95. The van der Waals surface area contributed by atoms with E-state index >= 15 is 0 Å². The van der Waals surface area contributed by atoms with E-state index in [0.29, 0.717) is 25.5 Å². The molecule has 1 aromatic carbocycles. The Morgan fingerprint density at radius 3 is 2.88 bits per heavy atom. The van der Waals surface area contributed by atoms with Gasteiger partial charge in [-0.3, -0.25) is 4.79 Å². The highest BCUT2D eigenvalue weighted by Gasteiger charge is 2.11. The van der Waals surface area contributed by atoms with Crippen molar-refractivity contribution in [1.82, 2.24) is 5.32 Å². The summed E-state index contributed by atoms with van der Waals surface area (Å²) in [6, 6.07) is 5.73. The summed E-state index contributed by atoms with van der Waals surface area (Å²) >= 11 is 1.51. The Kier molecular flexibility index (Phi) is 4.14. The van der Waals surface area contributed by atoms with Crippen LogP contribution in [0, 0.1) is 0 Å². The maximum absolute atomic E-state index is 11.3. The number of carbonyl (C=O) groups excluding carboxylic acids is 1. The van der Waals surface area contributed by atoms with E-state index in [1.165, 1.54) is 11.8 Å². The van der Waals surface area contributed by atoms with Crippen LogP contribution in [0.5, 0.6) is 11.5 Å². The Morgan fingerprint density at radius 1 is 1.35 bits per heavy atom. The third-order valence-electron chi connectivity index (χ3n) is 2.37. The molecule has 0 unspecified atom stereocenters. The smallest absolute Gasteiger partial charge is 0.230 e. The first-order valence-corrected chi connectivity index (χ1v) is 6.83. The van der Waals surface area contributed by atoms with Gasteiger partial charge in [-0.2, -0.15) is 11.8 Å². The van der Waals surface area contributed by atoms with Gasteiger partial charge in [-0.05, 0) is 24.0 Å². The zero-order chi connectivity index (χ0) is 12.1. The first kappa shape index (κ1) is 12.1. The molecule has 2 rings (SSSR count). The number of hydrogen-bond donors (Lipinski definition) is 1. The fourth-order valence-electron chi connectivity index (χ4n) is 1.58. The van der Waals surface area contributed by atoms with E-state index in [1.807, 2.05) is 24.5 Å². The third kappa shape index (κ3) is 3.30. The molecule has 1 heterocycles. The van der Waals surface area contributed by atoms with Crippen LogP contribution >= 0.6 is 11.8 Å². The molecular weight excluding hydrogens is 238 g/mol. The van der Waals surface area contributed by atoms with Gasteiger partial charge in [-0.25, -0.2) is 0 Å². The fraction of sp³-hybridized carbons (Fsp3) is 0.417. The molecule has 1 amide bonds. The van der Waals surface area contributed by atoms with Crippen molar-refractivity contribution in [3.05, 3.63) is 23.8 Å². The number of nitrogens with one attached hydrogen (secondary N) is 1. The predicted octanol–water partition coefficient (Wildman–Crippen LogP) is 1.44. The van der Waals surface area contributed by atoms with Gasteiger partial charge in [0.25, 0.3) is 0 Å². The van der Waals surface area contributed by atoms with E-state index in [-0.39, 0.29) is 5.91 Å². The van der Waals surface area contributed by atoms with Gasteiger partial charge in [0.2, 0.25) is 5.91 Å². The van der Waals surface area contributed by atoms with Gasteiger partial charge < -0.3 is 14.8 Å². The van der Waals surface area contributed by atoms with Crippen molar-refractivity contribution < 1.29 is 14.3 Å². The van der Waals surface area contributed by atoms with E-state index in [0.717, 1.165) is 17.1 Å². The highest BCUT2D eigenvalue weighted by molar-refractivity contribution is 7.99. The van der Waals surface area contributed by atoms with Crippen molar-refractivity contribution in [3.8, 4) is 11.5 Å². The standard InChI is InChI=1S/C12H15NO3S/c1-17-8-12(14)13-7-9-2-3-10-11(6-9)16-5-4-15-10/h2-3,6H,4-5,7-8H2,1H3,(H,13,14). The molecule has 0 saturated carbocycles. The van der Waals surface area contributed by atoms with Crippen molar-refractivity contribution in [1.29, 1.82) is 0 Å². The summed E-state index contributed by atoms with van der Waals surface area (Å²) in [5.74, 6) is 2.07. The van der Waals surface area contributed by atoms with E-state index in [1.54, 1.807) is 0 Å². The first-order valence-electron chi connectivity index (χ1n) is 5.44. The van der Waals surface area contributed by atoms with Gasteiger partial charge in [0, 0.05) is 6.54 Å². The maximum atomic E-state index is 11.3. The van der Waals surface area contributed by atoms with Gasteiger partial charge in [0.1, 0.15) is 13.2 Å². The topological polar surface area (TPSA) is 47.6 Å². The molecule has 0 atom stereocenters. The Hall–Kier alpha value is -1.36. The third-order valence-corrected chi connectivity index (χ3v) is 2.92. The molecule has 92 valence electrons. The average Bonchev–Trinajstić information content (AvgIpc) is 2.36. The van der Waals surface area contributed by atoms with Gasteiger partial charge in [-0.15, -0.1) is 0 Å². The zero-order valence-electron chi connectivity index (χ0n) is 9.69. The molecule has 1 aliphatic rings. The lowest BCUT2D eigenvalue weighted by molar-refractivity contribution is -0.118. The predicted molar refractivity (Wildman–Crippen MR) is 67.7 cm³/mol. The van der Waals surface area contributed by atoms with Gasteiger partial charge in [0.05, 0.1) is 5.75 Å². The molecular formula is C12H15NO3S. The summed E-state index contributed by atoms with van der Waals surface area (Å²) in [7, 11) is 0. The minimum absolute atomic E-state index is 0.0485. The van der Waals surface area contributed by atoms with Crippen LogP contribution in [0.15, 0.2) is 18.2 Å². The van der Waals surface area contributed by atoms with Crippen LogP contribution in [0.3, 0.4) is 0 Å². The van der Waals surface area contributed by atoms with Gasteiger partial charge in [0.15, 0.2) is 11.5 Å². The second-order valence-corrected chi connectivity index (χ2v) is 4.55. The normalized spacial score (nSPS) is 13.2. The number of ether oxygens (including phenoxy) is 2. The van der Waals surface area contributed by atoms with Crippen LogP contribution in [0.2, 0.25) is 0 Å². The number of benzene rings is 1. The second-order valence-electron chi connectivity index (χ2n) is 3.69. The largest absolute Gasteiger partial charge is 0.486 e. The van der Waals surface area contributed by atoms with E-state index in [2.05, 4.69) is 5.32 Å². The zero-order valence-corrected chi connectivity index (χ0v) is 10.5. The number of thioether (sulfide) groups is 1. The minimum Gasteiger partial charge on any atom is -0.486 e. The Bertz CT molecular complexity index is 409. The lowest BCUT2D eigenvalue weighted by Gasteiger charge is -2.18. The molecule has 0 saturated heterocycles. The molecule has 0 bridgehead atoms. The number of carbonyl (C=O) groups is 1. The van der Waals surface area contributed by atoms with Crippen LogP contribution in [0.25, 0.3) is 0 Å². The number of amides is 1. The van der Waals surface area contributed by atoms with Crippen molar-refractivity contribution in [3.63, 3.8) is 0 Å². The number of rotatable bonds is 4. The number of hydrogen-bond acceptors (Lipinski definition) is 4. The van der Waals surface area contributed by atoms with E-state index in [4.69, 9.17) is 9.47 Å². The number of fused-ring (bicyclic) bond motifs is 1. The summed E-state index contributed by atoms with van der Waals surface area (Å²) < 4.78 is 10.9. The van der Waals surface area contributed by atoms with Gasteiger partial charge in [-0.1, -0.05) is 6.07 Å². The lowest BCUT2D eigenvalue weighted by Crippen LogP contribution is -2.24. The van der Waals surface area contributed by atoms with Crippen molar-refractivity contribution in [2.24, 2.45) is 0 Å². The van der Waals surface area contributed by atoms with E-state index < -0.39 is 0 Å². The van der Waals surface area contributed by atoms with E-state index in [9.17, 15) is 4.79 Å². The molecule has 0 aromatic heterocycles. The summed E-state index contributed by atoms with van der Waals surface area (Å²) in [6.45, 7) is 1.70. The molecule has 4 nitrogen and oxygen atoms in total. The molecule has 5 heteroatoms. The summed E-state index contributed by atoms with van der Waals surface area (Å²) in [5, 5.41) is 2.85. The highest BCUT2D eigenvalue weighted by atomic mass is 32.2. The van der Waals surface area contributed by atoms with Crippen molar-refractivity contribution in [2.75, 3.05) is 25.2 Å². The monoisotopic (exact) mass is 253 g/mol. The first-order chi connectivity index (χ1) is 8.29. The molecule has 0 fully saturated rings. The van der Waals surface area contributed by atoms with Crippen LogP contribution in [-0.2, 0) is 11.3 Å². The molecule has 0 aliphatic carbocycles. The molecule has 1 aromatic rings. The lowest BCUT2D eigenvalue weighted by atomic mass is 10.2. The van der Waals surface area contributed by atoms with Crippen LogP contribution < -0.4 is 14.8 Å². The summed E-state index contributed by atoms with van der Waals surface area (Å²) in [5.41, 5.74) is 1.02. The Labute approximate surface area is 105 Å². The summed E-state index contributed by atoms with van der Waals surface area (Å²) in [6.07, 6.45) is 1.91. The van der Waals surface area contributed by atoms with Crippen LogP contribution in [0.4, 0.5) is 0 Å². The SMILES string of the molecule is CSCC(=O)NCc1ccc2c(c1)OCCO2. The van der Waals surface area contributed by atoms with Gasteiger partial charge >= 0.3 is 0 Å².